The Kier molecular flexibility index (Phi) is 8.19. The molecule has 0 N–H and O–H groups in total. The van der Waals surface area contributed by atoms with Crippen LogP contribution < -0.4 is 0 Å². The zero-order valence-electron chi connectivity index (χ0n) is 13.7. The van der Waals surface area contributed by atoms with Gasteiger partial charge >= 0.3 is 37.9 Å². The average molecular weight is 452 g/mol. The number of hydrogen-bond donors (Lipinski definition) is 0. The van der Waals surface area contributed by atoms with Crippen molar-refractivity contribution in [3.05, 3.63) is 84.4 Å². The summed E-state index contributed by atoms with van der Waals surface area (Å²) in [4.78, 5) is 0. The van der Waals surface area contributed by atoms with Crippen LogP contribution in [0.5, 0.6) is 0 Å². The molecule has 0 amide bonds. The molecule has 0 radical (unpaired) electrons. The van der Waals surface area contributed by atoms with Gasteiger partial charge in [0.05, 0.1) is 0 Å². The van der Waals surface area contributed by atoms with E-state index in [0.29, 0.717) is 0 Å². The number of allylic oxidation sites excluding steroid dienone is 4. The molecule has 122 valence electrons. The number of benzene rings is 1. The average Bonchev–Trinajstić information content (AvgIpc) is 3.27. The molecule has 1 heterocycles. The van der Waals surface area contributed by atoms with Crippen molar-refractivity contribution in [2.24, 2.45) is 5.41 Å². The maximum atomic E-state index is 4.93. The number of rotatable bonds is 1. The summed E-state index contributed by atoms with van der Waals surface area (Å²) in [5.74, 6) is 4.59. The summed E-state index contributed by atoms with van der Waals surface area (Å²) < 4.78 is 0. The van der Waals surface area contributed by atoms with Crippen LogP contribution in [0.1, 0.15) is 13.8 Å². The molecule has 24 heavy (non-hydrogen) atoms. The van der Waals surface area contributed by atoms with Crippen LogP contribution in [-0.2, 0) is 20.8 Å². The Morgan fingerprint density at radius 2 is 1.75 bits per heavy atom. The van der Waals surface area contributed by atoms with Gasteiger partial charge < -0.3 is 0 Å². The van der Waals surface area contributed by atoms with Crippen molar-refractivity contribution >= 4 is 35.3 Å². The molecule has 4 rings (SSSR count). The standard InChI is InChI=1S/C13H10P.C7H9.2ClH.Zr/c1-2-6-12-10-13(9-11(12)5-1)14-7-3-4-8-14;1-7(2)5-3-4-6-7;;;/h1-10H;3-5H,1-2H3;2*1H;/q2*-1;;;+4/p-2. The van der Waals surface area contributed by atoms with Crippen LogP contribution in [0.4, 0.5) is 0 Å². The molecule has 1 aliphatic carbocycles. The van der Waals surface area contributed by atoms with Crippen LogP contribution in [0.3, 0.4) is 0 Å². The Bertz CT molecular complexity index is 751. The third kappa shape index (κ3) is 6.13. The van der Waals surface area contributed by atoms with Crippen LogP contribution >= 0.6 is 24.6 Å². The Balaban J connectivity index is 0.000000176. The topological polar surface area (TPSA) is 0 Å². The summed E-state index contributed by atoms with van der Waals surface area (Å²) in [7, 11) is 9.72. The van der Waals surface area contributed by atoms with E-state index in [2.05, 4.69) is 86.1 Å². The molecular weight excluding hydrogens is 433 g/mol. The normalized spacial score (nSPS) is 13.7. The summed E-state index contributed by atoms with van der Waals surface area (Å²) in [6.07, 6.45) is 9.28. The molecule has 0 nitrogen and oxygen atoms in total. The molecule has 0 saturated carbocycles. The van der Waals surface area contributed by atoms with E-state index in [9.17, 15) is 0 Å². The maximum Gasteiger partial charge on any atom is -0.0395 e. The molecule has 0 aliphatic heterocycles. The van der Waals surface area contributed by atoms with Crippen molar-refractivity contribution in [2.75, 3.05) is 0 Å². The van der Waals surface area contributed by atoms with E-state index in [4.69, 9.17) is 17.0 Å². The summed E-state index contributed by atoms with van der Waals surface area (Å²) in [5.41, 5.74) is 0.208. The van der Waals surface area contributed by atoms with E-state index >= 15 is 0 Å². The fourth-order valence-electron chi connectivity index (χ4n) is 2.39. The molecule has 1 aromatic heterocycles. The Morgan fingerprint density at radius 3 is 2.25 bits per heavy atom. The second kappa shape index (κ2) is 9.89. The zero-order valence-corrected chi connectivity index (χ0v) is 18.6. The first kappa shape index (κ1) is 19.9. The van der Waals surface area contributed by atoms with Gasteiger partial charge in [-0.25, -0.2) is 12.2 Å². The van der Waals surface area contributed by atoms with Crippen LogP contribution in [0.25, 0.3) is 16.1 Å². The first-order chi connectivity index (χ1) is 11.6. The van der Waals surface area contributed by atoms with Crippen molar-refractivity contribution < 1.29 is 20.8 Å². The molecule has 3 aromatic rings. The third-order valence-electron chi connectivity index (χ3n) is 3.57. The Hall–Kier alpha value is -0.447. The minimum atomic E-state index is -0.826. The quantitative estimate of drug-likeness (QED) is 0.330. The van der Waals surface area contributed by atoms with E-state index in [0.717, 1.165) is 0 Å². The first-order valence-electron chi connectivity index (χ1n) is 7.59. The molecule has 1 aliphatic rings. The summed E-state index contributed by atoms with van der Waals surface area (Å²) in [6.45, 7) is 4.26. The van der Waals surface area contributed by atoms with Gasteiger partial charge in [0.1, 0.15) is 0 Å². The van der Waals surface area contributed by atoms with E-state index in [1.165, 1.54) is 16.1 Å². The van der Waals surface area contributed by atoms with Gasteiger partial charge in [0, 0.05) is 0 Å². The largest absolute Gasteiger partial charge is 0.157 e. The van der Waals surface area contributed by atoms with Crippen molar-refractivity contribution in [3.63, 3.8) is 0 Å². The molecule has 2 aromatic carbocycles. The van der Waals surface area contributed by atoms with Gasteiger partial charge in [-0.05, 0) is 11.6 Å². The summed E-state index contributed by atoms with van der Waals surface area (Å²) in [6, 6.07) is 17.4. The van der Waals surface area contributed by atoms with E-state index in [1.807, 2.05) is 12.2 Å². The minimum absolute atomic E-state index is 0.148. The van der Waals surface area contributed by atoms with Gasteiger partial charge in [0.25, 0.3) is 0 Å². The molecule has 0 atom stereocenters. The molecule has 0 spiro atoms. The van der Waals surface area contributed by atoms with Gasteiger partial charge in [0.15, 0.2) is 0 Å². The van der Waals surface area contributed by atoms with Crippen LogP contribution in [-0.4, -0.2) is 0 Å². The van der Waals surface area contributed by atoms with Crippen LogP contribution in [0.2, 0.25) is 0 Å². The number of hydrogen-bond acceptors (Lipinski definition) is 0. The van der Waals surface area contributed by atoms with Crippen LogP contribution in [0, 0.1) is 11.5 Å². The van der Waals surface area contributed by atoms with Crippen molar-refractivity contribution in [1.29, 1.82) is 0 Å². The Morgan fingerprint density at radius 1 is 1.08 bits per heavy atom. The van der Waals surface area contributed by atoms with Crippen molar-refractivity contribution in [2.45, 2.75) is 13.8 Å². The van der Waals surface area contributed by atoms with Gasteiger partial charge in [-0.15, -0.1) is 42.6 Å². The van der Waals surface area contributed by atoms with Crippen molar-refractivity contribution in [1.82, 2.24) is 0 Å². The predicted molar refractivity (Wildman–Crippen MR) is 106 cm³/mol. The monoisotopic (exact) mass is 450 g/mol. The Labute approximate surface area is 164 Å². The number of fused-ring (bicyclic) bond motifs is 1. The summed E-state index contributed by atoms with van der Waals surface area (Å²) in [5, 5.41) is 4.18. The van der Waals surface area contributed by atoms with E-state index < -0.39 is 20.8 Å². The number of halogens is 2. The first-order valence-corrected chi connectivity index (χ1v) is 15.4. The fraction of sp³-hybridized carbons (Fsp3) is 0.150. The smallest absolute Gasteiger partial charge is 0.0395 e. The second-order valence-corrected chi connectivity index (χ2v) is 11.6. The molecule has 0 unspecified atom stereocenters. The maximum absolute atomic E-state index is 4.93. The second-order valence-electron chi connectivity index (χ2n) is 5.90. The van der Waals surface area contributed by atoms with Crippen molar-refractivity contribution in [3.8, 4) is 5.30 Å². The van der Waals surface area contributed by atoms with Crippen LogP contribution in [0.15, 0.2) is 78.4 Å². The molecule has 0 saturated heterocycles. The third-order valence-corrected chi connectivity index (χ3v) is 5.41. The van der Waals surface area contributed by atoms with Gasteiger partial charge in [-0.2, -0.15) is 12.1 Å². The van der Waals surface area contributed by atoms with Gasteiger partial charge in [-0.1, -0.05) is 42.8 Å². The molecule has 0 fully saturated rings. The predicted octanol–water partition coefficient (Wildman–Crippen LogP) is 7.85. The zero-order chi connectivity index (χ0) is 17.4. The molecule has 4 heteroatoms. The van der Waals surface area contributed by atoms with Gasteiger partial charge in [-0.3, -0.25) is 6.08 Å². The minimum Gasteiger partial charge on any atom is -0.157 e. The fourth-order valence-corrected chi connectivity index (χ4v) is 3.98. The van der Waals surface area contributed by atoms with E-state index in [1.54, 1.807) is 0 Å². The summed E-state index contributed by atoms with van der Waals surface area (Å²) >= 11 is -0.826. The molecule has 0 bridgehead atoms. The molecular formula is C20H19Cl2PZr. The van der Waals surface area contributed by atoms with Gasteiger partial charge in [0.2, 0.25) is 0 Å². The van der Waals surface area contributed by atoms with E-state index in [-0.39, 0.29) is 12.9 Å². The SMILES string of the molecule is CC1(C)[C-]=CC=C1.[Cl][Zr+2][Cl].c1ccc2[cH-]c(-p3cccc3)cc2c1.